The summed E-state index contributed by atoms with van der Waals surface area (Å²) in [6.07, 6.45) is 4.32. The van der Waals surface area contributed by atoms with Gasteiger partial charge in [-0.05, 0) is 43.7 Å². The number of carbonyl (C=O) groups excluding carboxylic acids is 1. The minimum absolute atomic E-state index is 0.0616. The van der Waals surface area contributed by atoms with E-state index in [1.165, 1.54) is 5.56 Å². The van der Waals surface area contributed by atoms with Gasteiger partial charge in [-0.3, -0.25) is 9.69 Å². The third-order valence-corrected chi connectivity index (χ3v) is 4.78. The normalized spacial score (nSPS) is 15.2. The highest BCUT2D eigenvalue weighted by atomic mass is 16.3. The number of piperazine rings is 1. The van der Waals surface area contributed by atoms with Gasteiger partial charge in [0.05, 0.1) is 0 Å². The van der Waals surface area contributed by atoms with Crippen LogP contribution in [0.2, 0.25) is 0 Å². The first-order chi connectivity index (χ1) is 13.9. The third kappa shape index (κ3) is 6.60. The molecule has 0 bridgehead atoms. The molecule has 1 aliphatic heterocycles. The van der Waals surface area contributed by atoms with E-state index in [-0.39, 0.29) is 5.91 Å². The number of benzene rings is 2. The van der Waals surface area contributed by atoms with E-state index >= 15 is 0 Å². The number of hydrogen-bond donors (Lipinski definition) is 1. The lowest BCUT2D eigenvalue weighted by Crippen LogP contribution is -2.48. The first-order valence-electron chi connectivity index (χ1n) is 9.99. The standard InChI is InChI=1S/C25H28N2O2/c1-25(2,29)15-14-22-10-12-23(13-11-22)24(28)27-19-17-26(18-20-27)16-6-9-21-7-4-3-5-8-21/h3-13,29H,16-20H2,1-2H3/b9-6-. The monoisotopic (exact) mass is 388 g/mol. The Hall–Kier alpha value is -2.87. The minimum atomic E-state index is -1.02. The van der Waals surface area contributed by atoms with E-state index < -0.39 is 5.60 Å². The summed E-state index contributed by atoms with van der Waals surface area (Å²) >= 11 is 0. The van der Waals surface area contributed by atoms with Crippen LogP contribution < -0.4 is 0 Å². The van der Waals surface area contributed by atoms with E-state index in [1.54, 1.807) is 13.8 Å². The maximum absolute atomic E-state index is 12.8. The van der Waals surface area contributed by atoms with Gasteiger partial charge in [-0.25, -0.2) is 0 Å². The van der Waals surface area contributed by atoms with Gasteiger partial charge in [0.1, 0.15) is 5.60 Å². The lowest BCUT2D eigenvalue weighted by molar-refractivity contribution is 0.0650. The summed E-state index contributed by atoms with van der Waals surface area (Å²) in [4.78, 5) is 17.0. The first-order valence-corrected chi connectivity index (χ1v) is 9.99. The van der Waals surface area contributed by atoms with Crippen molar-refractivity contribution in [2.45, 2.75) is 19.4 Å². The second-order valence-electron chi connectivity index (χ2n) is 7.79. The molecule has 150 valence electrons. The SMILES string of the molecule is CC(C)(O)C#Cc1ccc(C(=O)N2CCN(C/C=C\c3ccccc3)CC2)cc1. The summed E-state index contributed by atoms with van der Waals surface area (Å²) in [5.41, 5.74) is 1.65. The van der Waals surface area contributed by atoms with Crippen LogP contribution in [0.3, 0.4) is 0 Å². The molecule has 1 fully saturated rings. The zero-order valence-electron chi connectivity index (χ0n) is 17.1. The van der Waals surface area contributed by atoms with E-state index in [1.807, 2.05) is 47.4 Å². The third-order valence-electron chi connectivity index (χ3n) is 4.78. The molecule has 1 saturated heterocycles. The average Bonchev–Trinajstić information content (AvgIpc) is 2.73. The summed E-state index contributed by atoms with van der Waals surface area (Å²) in [5, 5.41) is 9.68. The van der Waals surface area contributed by atoms with Gasteiger partial charge in [-0.15, -0.1) is 0 Å². The molecule has 3 rings (SSSR count). The second kappa shape index (κ2) is 9.56. The Morgan fingerprint density at radius 2 is 1.69 bits per heavy atom. The fraction of sp³-hybridized carbons (Fsp3) is 0.320. The predicted octanol–water partition coefficient (Wildman–Crippen LogP) is 3.28. The van der Waals surface area contributed by atoms with Crippen molar-refractivity contribution in [3.63, 3.8) is 0 Å². The fourth-order valence-corrected chi connectivity index (χ4v) is 3.14. The summed E-state index contributed by atoms with van der Waals surface area (Å²) < 4.78 is 0. The van der Waals surface area contributed by atoms with Crippen LogP contribution in [0.15, 0.2) is 60.7 Å². The molecule has 4 nitrogen and oxygen atoms in total. The van der Waals surface area contributed by atoms with Gasteiger partial charge in [0.2, 0.25) is 0 Å². The van der Waals surface area contributed by atoms with Crippen LogP contribution in [0.5, 0.6) is 0 Å². The average molecular weight is 389 g/mol. The molecule has 1 aliphatic rings. The summed E-state index contributed by atoms with van der Waals surface area (Å²) in [6, 6.07) is 17.6. The molecule has 0 aliphatic carbocycles. The van der Waals surface area contributed by atoms with Gasteiger partial charge in [-0.1, -0.05) is 54.3 Å². The van der Waals surface area contributed by atoms with Crippen LogP contribution in [-0.4, -0.2) is 59.1 Å². The molecule has 2 aromatic rings. The van der Waals surface area contributed by atoms with Crippen molar-refractivity contribution in [3.8, 4) is 11.8 Å². The molecule has 0 aromatic heterocycles. The molecular formula is C25H28N2O2. The largest absolute Gasteiger partial charge is 0.378 e. The molecule has 0 radical (unpaired) electrons. The first kappa shape index (κ1) is 20.9. The second-order valence-corrected chi connectivity index (χ2v) is 7.79. The number of amides is 1. The predicted molar refractivity (Wildman–Crippen MR) is 117 cm³/mol. The molecule has 1 N–H and O–H groups in total. The lowest BCUT2D eigenvalue weighted by atomic mass is 10.1. The highest BCUT2D eigenvalue weighted by molar-refractivity contribution is 5.94. The highest BCUT2D eigenvalue weighted by Crippen LogP contribution is 2.11. The minimum Gasteiger partial charge on any atom is -0.378 e. The number of hydrogen-bond acceptors (Lipinski definition) is 3. The van der Waals surface area contributed by atoms with Crippen molar-refractivity contribution in [2.75, 3.05) is 32.7 Å². The molecule has 29 heavy (non-hydrogen) atoms. The van der Waals surface area contributed by atoms with Crippen molar-refractivity contribution in [3.05, 3.63) is 77.4 Å². The number of nitrogens with zero attached hydrogens (tertiary/aromatic N) is 2. The van der Waals surface area contributed by atoms with Crippen LogP contribution in [0.25, 0.3) is 6.08 Å². The Labute approximate surface area is 173 Å². The van der Waals surface area contributed by atoms with Crippen LogP contribution >= 0.6 is 0 Å². The Bertz CT molecular complexity index is 892. The maximum atomic E-state index is 12.8. The van der Waals surface area contributed by atoms with E-state index in [4.69, 9.17) is 0 Å². The maximum Gasteiger partial charge on any atom is 0.253 e. The van der Waals surface area contributed by atoms with E-state index in [9.17, 15) is 9.90 Å². The van der Waals surface area contributed by atoms with E-state index in [0.29, 0.717) is 5.56 Å². The van der Waals surface area contributed by atoms with Crippen LogP contribution in [0.1, 0.15) is 35.3 Å². The van der Waals surface area contributed by atoms with Crippen LogP contribution in [0.4, 0.5) is 0 Å². The van der Waals surface area contributed by atoms with Crippen molar-refractivity contribution in [1.82, 2.24) is 9.80 Å². The molecule has 2 aromatic carbocycles. The van der Waals surface area contributed by atoms with Gasteiger partial charge in [-0.2, -0.15) is 0 Å². The Morgan fingerprint density at radius 1 is 1.03 bits per heavy atom. The molecule has 4 heteroatoms. The van der Waals surface area contributed by atoms with E-state index in [2.05, 4.69) is 41.0 Å². The van der Waals surface area contributed by atoms with Crippen molar-refractivity contribution in [2.24, 2.45) is 0 Å². The summed E-state index contributed by atoms with van der Waals surface area (Å²) in [7, 11) is 0. The van der Waals surface area contributed by atoms with Gasteiger partial charge >= 0.3 is 0 Å². The summed E-state index contributed by atoms with van der Waals surface area (Å²) in [6.45, 7) is 7.41. The molecule has 0 saturated carbocycles. The topological polar surface area (TPSA) is 43.8 Å². The molecule has 0 unspecified atom stereocenters. The van der Waals surface area contributed by atoms with Crippen LogP contribution in [0, 0.1) is 11.8 Å². The molecular weight excluding hydrogens is 360 g/mol. The highest BCUT2D eigenvalue weighted by Gasteiger charge is 2.21. The Morgan fingerprint density at radius 3 is 2.31 bits per heavy atom. The number of carbonyl (C=O) groups is 1. The Kier molecular flexibility index (Phi) is 6.87. The number of rotatable bonds is 4. The lowest BCUT2D eigenvalue weighted by Gasteiger charge is -2.34. The van der Waals surface area contributed by atoms with Gasteiger partial charge in [0, 0.05) is 43.9 Å². The molecule has 1 heterocycles. The van der Waals surface area contributed by atoms with Gasteiger partial charge in [0.15, 0.2) is 0 Å². The molecule has 0 spiro atoms. The molecule has 1 amide bonds. The van der Waals surface area contributed by atoms with Crippen molar-refractivity contribution in [1.29, 1.82) is 0 Å². The molecule has 0 atom stereocenters. The Balaban J connectivity index is 1.49. The fourth-order valence-electron chi connectivity index (χ4n) is 3.14. The zero-order chi connectivity index (χ0) is 20.7. The van der Waals surface area contributed by atoms with Gasteiger partial charge < -0.3 is 10.0 Å². The summed E-state index contributed by atoms with van der Waals surface area (Å²) in [5.74, 6) is 5.77. The van der Waals surface area contributed by atoms with Gasteiger partial charge in [0.25, 0.3) is 5.91 Å². The van der Waals surface area contributed by atoms with Crippen LogP contribution in [-0.2, 0) is 0 Å². The number of aliphatic hydroxyl groups is 1. The quantitative estimate of drug-likeness (QED) is 0.818. The van der Waals surface area contributed by atoms with Crippen molar-refractivity contribution >= 4 is 12.0 Å². The van der Waals surface area contributed by atoms with E-state index in [0.717, 1.165) is 38.3 Å². The zero-order valence-corrected chi connectivity index (χ0v) is 17.1. The van der Waals surface area contributed by atoms with Crippen molar-refractivity contribution < 1.29 is 9.90 Å². The smallest absolute Gasteiger partial charge is 0.253 e.